The first kappa shape index (κ1) is 14.7. The molecule has 0 aliphatic rings. The van der Waals surface area contributed by atoms with Crippen molar-refractivity contribution < 1.29 is 9.69 Å². The van der Waals surface area contributed by atoms with Crippen LogP contribution in [0.15, 0.2) is 35.5 Å². The standard InChI is InChI=1S/C15H24N2O/c1-4-17(5-2,12-11-14(3)16-18)13-15-9-7-6-8-10-15/h6-10H,4-5,11-13H2,1-3H3/p+1/b16-14+. The third kappa shape index (κ3) is 4.15. The lowest BCUT2D eigenvalue weighted by Crippen LogP contribution is -2.48. The van der Waals surface area contributed by atoms with Gasteiger partial charge in [0.05, 0.1) is 25.3 Å². The molecule has 0 atom stereocenters. The Morgan fingerprint density at radius 2 is 1.78 bits per heavy atom. The first-order valence-electron chi connectivity index (χ1n) is 6.72. The van der Waals surface area contributed by atoms with Crippen molar-refractivity contribution in [2.45, 2.75) is 33.7 Å². The Morgan fingerprint density at radius 1 is 1.17 bits per heavy atom. The van der Waals surface area contributed by atoms with E-state index in [1.807, 2.05) is 6.92 Å². The second kappa shape index (κ2) is 7.17. The van der Waals surface area contributed by atoms with E-state index in [1.54, 1.807) is 0 Å². The molecule has 0 radical (unpaired) electrons. The number of oxime groups is 1. The van der Waals surface area contributed by atoms with Gasteiger partial charge in [-0.2, -0.15) is 0 Å². The molecule has 0 saturated heterocycles. The van der Waals surface area contributed by atoms with Crippen molar-refractivity contribution in [3.63, 3.8) is 0 Å². The van der Waals surface area contributed by atoms with Crippen LogP contribution in [-0.2, 0) is 6.54 Å². The van der Waals surface area contributed by atoms with Gasteiger partial charge in [-0.1, -0.05) is 35.5 Å². The molecule has 0 heterocycles. The number of hydrogen-bond donors (Lipinski definition) is 1. The molecule has 0 bridgehead atoms. The SMILES string of the molecule is CC[N+](CC)(CC/C(C)=N/O)Cc1ccccc1. The first-order valence-corrected chi connectivity index (χ1v) is 6.72. The molecule has 0 spiro atoms. The van der Waals surface area contributed by atoms with Crippen molar-refractivity contribution in [2.24, 2.45) is 5.16 Å². The van der Waals surface area contributed by atoms with Gasteiger partial charge in [0.2, 0.25) is 0 Å². The van der Waals surface area contributed by atoms with Crippen molar-refractivity contribution in [3.8, 4) is 0 Å². The van der Waals surface area contributed by atoms with Gasteiger partial charge in [-0.05, 0) is 20.8 Å². The van der Waals surface area contributed by atoms with E-state index in [0.717, 1.165) is 42.8 Å². The van der Waals surface area contributed by atoms with Crippen LogP contribution in [-0.4, -0.2) is 35.0 Å². The zero-order valence-electron chi connectivity index (χ0n) is 11.8. The largest absolute Gasteiger partial charge is 0.411 e. The van der Waals surface area contributed by atoms with E-state index >= 15 is 0 Å². The minimum atomic E-state index is 0.812. The molecule has 1 aromatic carbocycles. The topological polar surface area (TPSA) is 32.6 Å². The number of hydrogen-bond acceptors (Lipinski definition) is 2. The summed E-state index contributed by atoms with van der Waals surface area (Å²) >= 11 is 0. The van der Waals surface area contributed by atoms with Crippen LogP contribution in [0.2, 0.25) is 0 Å². The third-order valence-corrected chi connectivity index (χ3v) is 3.82. The molecule has 1 rings (SSSR count). The van der Waals surface area contributed by atoms with Crippen LogP contribution in [0.3, 0.4) is 0 Å². The summed E-state index contributed by atoms with van der Waals surface area (Å²) in [6, 6.07) is 10.6. The molecular formula is C15H25N2O+. The van der Waals surface area contributed by atoms with Crippen LogP contribution in [0.4, 0.5) is 0 Å². The summed E-state index contributed by atoms with van der Waals surface area (Å²) in [5, 5.41) is 12.0. The lowest BCUT2D eigenvalue weighted by molar-refractivity contribution is -0.937. The van der Waals surface area contributed by atoms with Crippen molar-refractivity contribution in [1.29, 1.82) is 0 Å². The van der Waals surface area contributed by atoms with Gasteiger partial charge < -0.3 is 9.69 Å². The highest BCUT2D eigenvalue weighted by Gasteiger charge is 2.23. The quantitative estimate of drug-likeness (QED) is 0.342. The fourth-order valence-electron chi connectivity index (χ4n) is 2.26. The van der Waals surface area contributed by atoms with E-state index in [4.69, 9.17) is 5.21 Å². The Kier molecular flexibility index (Phi) is 5.86. The van der Waals surface area contributed by atoms with Gasteiger partial charge >= 0.3 is 0 Å². The number of nitrogens with zero attached hydrogens (tertiary/aromatic N) is 2. The van der Waals surface area contributed by atoms with Crippen LogP contribution in [0.5, 0.6) is 0 Å². The molecule has 0 aromatic heterocycles. The highest BCUT2D eigenvalue weighted by Crippen LogP contribution is 2.15. The van der Waals surface area contributed by atoms with E-state index < -0.39 is 0 Å². The molecule has 18 heavy (non-hydrogen) atoms. The van der Waals surface area contributed by atoms with Crippen LogP contribution in [0.25, 0.3) is 0 Å². The van der Waals surface area contributed by atoms with Gasteiger partial charge in [0.15, 0.2) is 0 Å². The molecule has 1 aromatic rings. The fourth-order valence-corrected chi connectivity index (χ4v) is 2.26. The second-order valence-electron chi connectivity index (χ2n) is 4.93. The zero-order valence-corrected chi connectivity index (χ0v) is 11.8. The summed E-state index contributed by atoms with van der Waals surface area (Å²) in [5.74, 6) is 0. The number of benzene rings is 1. The lowest BCUT2D eigenvalue weighted by Gasteiger charge is -2.37. The summed E-state index contributed by atoms with van der Waals surface area (Å²) < 4.78 is 1.04. The minimum Gasteiger partial charge on any atom is -0.411 e. The van der Waals surface area contributed by atoms with Crippen molar-refractivity contribution in [2.75, 3.05) is 19.6 Å². The van der Waals surface area contributed by atoms with Gasteiger partial charge in [-0.15, -0.1) is 0 Å². The maximum absolute atomic E-state index is 8.75. The maximum atomic E-state index is 8.75. The summed E-state index contributed by atoms with van der Waals surface area (Å²) in [6.07, 6.45) is 0.852. The average Bonchev–Trinajstić information content (AvgIpc) is 2.44. The monoisotopic (exact) mass is 249 g/mol. The summed E-state index contributed by atoms with van der Waals surface area (Å²) in [5.41, 5.74) is 2.19. The first-order chi connectivity index (χ1) is 8.65. The number of rotatable bonds is 7. The molecule has 0 aliphatic heterocycles. The predicted octanol–water partition coefficient (Wildman–Crippen LogP) is 3.28. The molecule has 0 amide bonds. The Morgan fingerprint density at radius 3 is 2.28 bits per heavy atom. The molecule has 3 nitrogen and oxygen atoms in total. The molecular weight excluding hydrogens is 224 g/mol. The second-order valence-corrected chi connectivity index (χ2v) is 4.93. The summed E-state index contributed by atoms with van der Waals surface area (Å²) in [6.45, 7) is 10.6. The van der Waals surface area contributed by atoms with Gasteiger partial charge in [0.25, 0.3) is 0 Å². The summed E-state index contributed by atoms with van der Waals surface area (Å²) in [4.78, 5) is 0. The average molecular weight is 249 g/mol. The van der Waals surface area contributed by atoms with Crippen molar-refractivity contribution >= 4 is 5.71 Å². The molecule has 0 saturated carbocycles. The van der Waals surface area contributed by atoms with Gasteiger partial charge in [-0.25, -0.2) is 0 Å². The van der Waals surface area contributed by atoms with Gasteiger partial charge in [0, 0.05) is 12.0 Å². The minimum absolute atomic E-state index is 0.812. The normalized spacial score (nSPS) is 12.7. The Hall–Kier alpha value is -1.35. The zero-order chi connectivity index (χ0) is 13.4. The van der Waals surface area contributed by atoms with E-state index in [2.05, 4.69) is 49.3 Å². The van der Waals surface area contributed by atoms with Gasteiger partial charge in [-0.3, -0.25) is 0 Å². The highest BCUT2D eigenvalue weighted by atomic mass is 16.4. The third-order valence-electron chi connectivity index (χ3n) is 3.82. The summed E-state index contributed by atoms with van der Waals surface area (Å²) in [7, 11) is 0. The van der Waals surface area contributed by atoms with Crippen LogP contribution in [0, 0.1) is 0 Å². The van der Waals surface area contributed by atoms with E-state index in [-0.39, 0.29) is 0 Å². The van der Waals surface area contributed by atoms with E-state index in [0.29, 0.717) is 0 Å². The van der Waals surface area contributed by atoms with E-state index in [9.17, 15) is 0 Å². The van der Waals surface area contributed by atoms with Crippen LogP contribution < -0.4 is 0 Å². The lowest BCUT2D eigenvalue weighted by atomic mass is 10.1. The Balaban J connectivity index is 2.73. The number of quaternary nitrogens is 1. The van der Waals surface area contributed by atoms with Gasteiger partial charge in [0.1, 0.15) is 6.54 Å². The Bertz CT molecular complexity index is 369. The van der Waals surface area contributed by atoms with Crippen LogP contribution in [0.1, 0.15) is 32.8 Å². The van der Waals surface area contributed by atoms with Crippen molar-refractivity contribution in [3.05, 3.63) is 35.9 Å². The van der Waals surface area contributed by atoms with E-state index in [1.165, 1.54) is 5.56 Å². The molecule has 0 fully saturated rings. The molecule has 1 N–H and O–H groups in total. The highest BCUT2D eigenvalue weighted by molar-refractivity contribution is 5.81. The van der Waals surface area contributed by atoms with Crippen LogP contribution >= 0.6 is 0 Å². The molecule has 3 heteroatoms. The predicted molar refractivity (Wildman–Crippen MR) is 75.9 cm³/mol. The maximum Gasteiger partial charge on any atom is 0.104 e. The smallest absolute Gasteiger partial charge is 0.104 e. The molecule has 100 valence electrons. The Labute approximate surface area is 110 Å². The van der Waals surface area contributed by atoms with Crippen molar-refractivity contribution in [1.82, 2.24) is 0 Å². The molecule has 0 aliphatic carbocycles. The fraction of sp³-hybridized carbons (Fsp3) is 0.533. The molecule has 0 unspecified atom stereocenters.